The molecule has 1 aliphatic rings. The van der Waals surface area contributed by atoms with Crippen LogP contribution in [0.25, 0.3) is 16.9 Å². The van der Waals surface area contributed by atoms with Gasteiger partial charge in [-0.15, -0.1) is 0 Å². The molecule has 0 saturated carbocycles. The summed E-state index contributed by atoms with van der Waals surface area (Å²) in [5.41, 5.74) is 4.66. The predicted molar refractivity (Wildman–Crippen MR) is 124 cm³/mol. The van der Waals surface area contributed by atoms with Gasteiger partial charge in [0.1, 0.15) is 5.82 Å². The third-order valence-electron chi connectivity index (χ3n) is 5.97. The zero-order valence-corrected chi connectivity index (χ0v) is 18.1. The molecule has 0 bridgehead atoms. The largest absolute Gasteiger partial charge is 0.356 e. The van der Waals surface area contributed by atoms with Crippen molar-refractivity contribution in [1.29, 1.82) is 0 Å². The molecule has 1 N–H and O–H groups in total. The molecule has 1 saturated heterocycles. The fraction of sp³-hybridized carbons (Fsp3) is 0.280. The normalized spacial score (nSPS) is 14.6. The molecular formula is C25H26N6O. The van der Waals surface area contributed by atoms with Crippen molar-refractivity contribution in [1.82, 2.24) is 24.9 Å². The summed E-state index contributed by atoms with van der Waals surface area (Å²) in [5, 5.41) is 7.88. The molecule has 4 heterocycles. The fourth-order valence-electron chi connectivity index (χ4n) is 4.25. The topological polar surface area (TPSA) is 75.4 Å². The second-order valence-corrected chi connectivity index (χ2v) is 8.22. The van der Waals surface area contributed by atoms with E-state index in [1.54, 1.807) is 6.20 Å². The summed E-state index contributed by atoms with van der Waals surface area (Å²) in [6.45, 7) is 4.09. The van der Waals surface area contributed by atoms with Crippen LogP contribution in [0.2, 0.25) is 0 Å². The van der Waals surface area contributed by atoms with E-state index >= 15 is 0 Å². The minimum atomic E-state index is 0.0193. The monoisotopic (exact) mass is 426 g/mol. The van der Waals surface area contributed by atoms with E-state index in [-0.39, 0.29) is 11.8 Å². The Kier molecular flexibility index (Phi) is 5.54. The minimum absolute atomic E-state index is 0.0193. The van der Waals surface area contributed by atoms with E-state index in [1.165, 1.54) is 0 Å². The number of benzene rings is 1. The number of carbonyl (C=O) groups is 1. The first kappa shape index (κ1) is 20.2. The van der Waals surface area contributed by atoms with Gasteiger partial charge in [-0.2, -0.15) is 9.61 Å². The van der Waals surface area contributed by atoms with Crippen LogP contribution in [-0.2, 0) is 11.3 Å². The van der Waals surface area contributed by atoms with Gasteiger partial charge in [0.25, 0.3) is 0 Å². The maximum atomic E-state index is 12.7. The Morgan fingerprint density at radius 2 is 1.84 bits per heavy atom. The van der Waals surface area contributed by atoms with E-state index in [9.17, 15) is 4.79 Å². The molecule has 3 aromatic heterocycles. The van der Waals surface area contributed by atoms with Crippen LogP contribution in [-0.4, -0.2) is 38.6 Å². The van der Waals surface area contributed by atoms with Crippen LogP contribution >= 0.6 is 0 Å². The van der Waals surface area contributed by atoms with Crippen molar-refractivity contribution in [3.8, 4) is 11.3 Å². The van der Waals surface area contributed by atoms with Crippen molar-refractivity contribution in [2.24, 2.45) is 5.92 Å². The number of rotatable bonds is 5. The van der Waals surface area contributed by atoms with Gasteiger partial charge >= 0.3 is 0 Å². The summed E-state index contributed by atoms with van der Waals surface area (Å²) >= 11 is 0. The Hall–Kier alpha value is -3.74. The lowest BCUT2D eigenvalue weighted by Gasteiger charge is -2.33. The first-order valence-corrected chi connectivity index (χ1v) is 11.0. The molecule has 0 atom stereocenters. The third kappa shape index (κ3) is 4.19. The van der Waals surface area contributed by atoms with Crippen molar-refractivity contribution in [2.45, 2.75) is 26.3 Å². The van der Waals surface area contributed by atoms with Gasteiger partial charge in [0.2, 0.25) is 5.91 Å². The molecule has 1 fully saturated rings. The van der Waals surface area contributed by atoms with Gasteiger partial charge in [0, 0.05) is 48.6 Å². The van der Waals surface area contributed by atoms with Crippen LogP contribution in [0.1, 0.15) is 24.2 Å². The standard InChI is InChI=1S/C25H26N6O/c1-18-15-24(31-23(28-18)16-22(29-31)19-7-3-2-4-8-19)30-13-10-20(11-14-30)25(32)27-17-21-9-5-6-12-26-21/h2-9,12,15-16,20H,10-11,13-14,17H2,1H3,(H,27,32). The molecule has 0 aliphatic carbocycles. The summed E-state index contributed by atoms with van der Waals surface area (Å²) in [7, 11) is 0. The number of carbonyl (C=O) groups excluding carboxylic acids is 1. The van der Waals surface area contributed by atoms with Crippen molar-refractivity contribution in [3.63, 3.8) is 0 Å². The van der Waals surface area contributed by atoms with Gasteiger partial charge in [0.15, 0.2) is 5.65 Å². The van der Waals surface area contributed by atoms with Crippen LogP contribution in [0.3, 0.4) is 0 Å². The molecule has 1 aromatic carbocycles. The first-order chi connectivity index (χ1) is 15.7. The van der Waals surface area contributed by atoms with Crippen molar-refractivity contribution in [3.05, 3.63) is 78.2 Å². The van der Waals surface area contributed by atoms with E-state index in [2.05, 4.69) is 38.4 Å². The number of anilines is 1. The maximum absolute atomic E-state index is 12.7. The fourth-order valence-corrected chi connectivity index (χ4v) is 4.25. The maximum Gasteiger partial charge on any atom is 0.223 e. The highest BCUT2D eigenvalue weighted by atomic mass is 16.1. The number of piperidine rings is 1. The molecule has 32 heavy (non-hydrogen) atoms. The Morgan fingerprint density at radius 3 is 2.59 bits per heavy atom. The van der Waals surface area contributed by atoms with Gasteiger partial charge in [-0.3, -0.25) is 9.78 Å². The minimum Gasteiger partial charge on any atom is -0.356 e. The number of pyridine rings is 1. The molecule has 7 heteroatoms. The van der Waals surface area contributed by atoms with E-state index in [1.807, 2.05) is 53.9 Å². The number of nitrogens with zero attached hydrogens (tertiary/aromatic N) is 5. The molecule has 162 valence electrons. The predicted octanol–water partition coefficient (Wildman–Crippen LogP) is 3.63. The Bertz CT molecular complexity index is 1210. The van der Waals surface area contributed by atoms with E-state index in [0.717, 1.165) is 60.0 Å². The zero-order valence-electron chi connectivity index (χ0n) is 18.1. The first-order valence-electron chi connectivity index (χ1n) is 11.0. The number of fused-ring (bicyclic) bond motifs is 1. The highest BCUT2D eigenvalue weighted by Gasteiger charge is 2.26. The summed E-state index contributed by atoms with van der Waals surface area (Å²) in [5.74, 6) is 1.16. The number of hydrogen-bond donors (Lipinski definition) is 1. The molecule has 4 aromatic rings. The van der Waals surface area contributed by atoms with Gasteiger partial charge in [-0.05, 0) is 31.9 Å². The lowest BCUT2D eigenvalue weighted by atomic mass is 9.96. The Balaban J connectivity index is 1.29. The summed E-state index contributed by atoms with van der Waals surface area (Å²) in [6.07, 6.45) is 3.36. The van der Waals surface area contributed by atoms with Gasteiger partial charge < -0.3 is 10.2 Å². The van der Waals surface area contributed by atoms with Crippen LogP contribution in [0, 0.1) is 12.8 Å². The molecule has 0 unspecified atom stereocenters. The Morgan fingerprint density at radius 1 is 1.06 bits per heavy atom. The average molecular weight is 427 g/mol. The number of aryl methyl sites for hydroxylation is 1. The van der Waals surface area contributed by atoms with E-state index in [4.69, 9.17) is 5.10 Å². The van der Waals surface area contributed by atoms with Crippen LogP contribution in [0.4, 0.5) is 5.82 Å². The van der Waals surface area contributed by atoms with Gasteiger partial charge in [-0.1, -0.05) is 36.4 Å². The number of aromatic nitrogens is 4. The Labute approximate surface area is 187 Å². The summed E-state index contributed by atoms with van der Waals surface area (Å²) in [4.78, 5) is 23.9. The third-order valence-corrected chi connectivity index (χ3v) is 5.97. The highest BCUT2D eigenvalue weighted by Crippen LogP contribution is 2.27. The van der Waals surface area contributed by atoms with Crippen molar-refractivity contribution < 1.29 is 4.79 Å². The second kappa shape index (κ2) is 8.78. The van der Waals surface area contributed by atoms with E-state index < -0.39 is 0 Å². The van der Waals surface area contributed by atoms with E-state index in [0.29, 0.717) is 6.54 Å². The molecule has 0 spiro atoms. The number of nitrogens with one attached hydrogen (secondary N) is 1. The lowest BCUT2D eigenvalue weighted by molar-refractivity contribution is -0.125. The summed E-state index contributed by atoms with van der Waals surface area (Å²) < 4.78 is 1.93. The lowest BCUT2D eigenvalue weighted by Crippen LogP contribution is -2.41. The van der Waals surface area contributed by atoms with Crippen LogP contribution in [0.5, 0.6) is 0 Å². The average Bonchev–Trinajstić information content (AvgIpc) is 3.27. The van der Waals surface area contributed by atoms with Crippen LogP contribution in [0.15, 0.2) is 66.9 Å². The second-order valence-electron chi connectivity index (χ2n) is 8.22. The zero-order chi connectivity index (χ0) is 21.9. The molecule has 1 aliphatic heterocycles. The number of hydrogen-bond acceptors (Lipinski definition) is 5. The summed E-state index contributed by atoms with van der Waals surface area (Å²) in [6, 6.07) is 20.0. The van der Waals surface area contributed by atoms with Crippen LogP contribution < -0.4 is 10.2 Å². The van der Waals surface area contributed by atoms with Crippen molar-refractivity contribution >= 4 is 17.4 Å². The highest BCUT2D eigenvalue weighted by molar-refractivity contribution is 5.79. The van der Waals surface area contributed by atoms with Crippen molar-refractivity contribution in [2.75, 3.05) is 18.0 Å². The SMILES string of the molecule is Cc1cc(N2CCC(C(=O)NCc3ccccn3)CC2)n2nc(-c3ccccc3)cc2n1. The molecule has 0 radical (unpaired) electrons. The molecule has 1 amide bonds. The molecular weight excluding hydrogens is 400 g/mol. The number of amides is 1. The molecule has 5 rings (SSSR count). The van der Waals surface area contributed by atoms with Gasteiger partial charge in [0.05, 0.1) is 17.9 Å². The molecule has 7 nitrogen and oxygen atoms in total. The quantitative estimate of drug-likeness (QED) is 0.527. The smallest absolute Gasteiger partial charge is 0.223 e. The van der Waals surface area contributed by atoms with Gasteiger partial charge in [-0.25, -0.2) is 4.98 Å².